The van der Waals surface area contributed by atoms with Gasteiger partial charge in [-0.2, -0.15) is 5.26 Å². The molecule has 0 atom stereocenters. The molecule has 0 amide bonds. The summed E-state index contributed by atoms with van der Waals surface area (Å²) in [5, 5.41) is 11.7. The number of nitriles is 1. The lowest BCUT2D eigenvalue weighted by molar-refractivity contribution is 0.403. The number of anilines is 1. The summed E-state index contributed by atoms with van der Waals surface area (Å²) in [6.07, 6.45) is 4.24. The lowest BCUT2D eigenvalue weighted by Crippen LogP contribution is -2.18. The summed E-state index contributed by atoms with van der Waals surface area (Å²) in [6.45, 7) is 21.4. The average molecular weight is 476 g/mol. The molecular weight excluding hydrogens is 430 g/mol. The summed E-state index contributed by atoms with van der Waals surface area (Å²) in [7, 11) is 5.90. The van der Waals surface area contributed by atoms with Crippen molar-refractivity contribution in [2.75, 3.05) is 32.6 Å². The fourth-order valence-corrected chi connectivity index (χ4v) is 2.75. The highest BCUT2D eigenvalue weighted by molar-refractivity contribution is 5.49. The van der Waals surface area contributed by atoms with Crippen LogP contribution in [0.4, 0.5) is 5.69 Å². The maximum atomic E-state index is 8.74. The highest BCUT2D eigenvalue weighted by atomic mass is 15.2. The molecule has 2 rings (SSSR count). The van der Waals surface area contributed by atoms with Crippen LogP contribution in [0.5, 0.6) is 0 Å². The van der Waals surface area contributed by atoms with Crippen LogP contribution in [0.1, 0.15) is 44.7 Å². The number of aliphatic imine (C=N–C) groups is 1. The molecule has 0 spiro atoms. The van der Waals surface area contributed by atoms with Crippen molar-refractivity contribution in [1.29, 1.82) is 5.26 Å². The van der Waals surface area contributed by atoms with Gasteiger partial charge in [0.2, 0.25) is 0 Å². The highest BCUT2D eigenvalue weighted by Crippen LogP contribution is 2.16. The van der Waals surface area contributed by atoms with Crippen LogP contribution in [0.3, 0.4) is 0 Å². The van der Waals surface area contributed by atoms with E-state index in [-0.39, 0.29) is 0 Å². The molecule has 0 aliphatic heterocycles. The SMILES string of the molecule is C=C.C=N/C(=C/C(=C)NC)N(C)CCCC.CC.CN(Cc1ccccc1)c1ccc(C#N)cc1. The van der Waals surface area contributed by atoms with Crippen molar-refractivity contribution in [3.63, 3.8) is 0 Å². The molecule has 0 heterocycles. The Kier molecular flexibility index (Phi) is 21.0. The third-order valence-corrected chi connectivity index (χ3v) is 4.72. The maximum Gasteiger partial charge on any atom is 0.129 e. The van der Waals surface area contributed by atoms with Gasteiger partial charge < -0.3 is 15.1 Å². The van der Waals surface area contributed by atoms with E-state index in [0.29, 0.717) is 5.56 Å². The van der Waals surface area contributed by atoms with Crippen LogP contribution >= 0.6 is 0 Å². The quantitative estimate of drug-likeness (QED) is 0.228. The molecule has 0 radical (unpaired) electrons. The van der Waals surface area contributed by atoms with Crippen LogP contribution in [0.25, 0.3) is 0 Å². The van der Waals surface area contributed by atoms with Gasteiger partial charge >= 0.3 is 0 Å². The minimum Gasteiger partial charge on any atom is -0.388 e. The summed E-state index contributed by atoms with van der Waals surface area (Å²) in [6, 6.07) is 20.1. The molecule has 0 unspecified atom stereocenters. The minimum absolute atomic E-state index is 0.696. The number of benzene rings is 2. The Labute approximate surface area is 214 Å². The van der Waals surface area contributed by atoms with E-state index in [1.54, 1.807) is 0 Å². The molecule has 1 N–H and O–H groups in total. The van der Waals surface area contributed by atoms with Gasteiger partial charge in [0.15, 0.2) is 0 Å². The first-order valence-corrected chi connectivity index (χ1v) is 12.0. The zero-order chi connectivity index (χ0) is 27.1. The molecule has 0 aromatic heterocycles. The lowest BCUT2D eigenvalue weighted by atomic mass is 10.2. The standard InChI is InChI=1S/C15H14N2.C11H21N3.C2H6.C2H4/c1-17(12-14-5-3-2-4-6-14)15-9-7-13(11-16)8-10-15;1-6-7-8-14(5)11(13-4)9-10(2)12-3;2*1-2/h2-10H,12H2,1H3;9,12H,2,4,6-8H2,1,3,5H3;1-2H3;1-2H2/b;11-9-;;. The molecule has 0 saturated heterocycles. The fraction of sp³-hybridized carbons (Fsp3) is 0.333. The normalized spacial score (nSPS) is 9.34. The van der Waals surface area contributed by atoms with Crippen molar-refractivity contribution >= 4 is 12.4 Å². The van der Waals surface area contributed by atoms with E-state index in [9.17, 15) is 0 Å². The molecule has 0 fully saturated rings. The maximum absolute atomic E-state index is 8.74. The van der Waals surface area contributed by atoms with Crippen molar-refractivity contribution in [1.82, 2.24) is 10.2 Å². The van der Waals surface area contributed by atoms with Gasteiger partial charge in [-0.3, -0.25) is 0 Å². The molecule has 5 heteroatoms. The predicted octanol–water partition coefficient (Wildman–Crippen LogP) is 7.02. The van der Waals surface area contributed by atoms with E-state index in [1.807, 2.05) is 83.5 Å². The van der Waals surface area contributed by atoms with Crippen molar-refractivity contribution < 1.29 is 0 Å². The van der Waals surface area contributed by atoms with Crippen LogP contribution < -0.4 is 10.2 Å². The van der Waals surface area contributed by atoms with Crippen molar-refractivity contribution in [2.45, 2.75) is 40.2 Å². The molecule has 0 bridgehead atoms. The van der Waals surface area contributed by atoms with Crippen LogP contribution in [0.15, 0.2) is 96.9 Å². The average Bonchev–Trinajstić information content (AvgIpc) is 2.93. The summed E-state index contributed by atoms with van der Waals surface area (Å²) >= 11 is 0. The van der Waals surface area contributed by atoms with Crippen LogP contribution in [0, 0.1) is 11.3 Å². The van der Waals surface area contributed by atoms with Crippen molar-refractivity contribution in [2.24, 2.45) is 4.99 Å². The molecule has 2 aromatic rings. The van der Waals surface area contributed by atoms with Gasteiger partial charge in [0, 0.05) is 51.7 Å². The zero-order valence-corrected chi connectivity index (χ0v) is 22.7. The van der Waals surface area contributed by atoms with Gasteiger partial charge in [-0.05, 0) is 43.0 Å². The Bertz CT molecular complexity index is 879. The molecule has 2 aromatic carbocycles. The number of hydrogen-bond acceptors (Lipinski definition) is 5. The molecule has 0 aliphatic rings. The van der Waals surface area contributed by atoms with E-state index in [1.165, 1.54) is 12.0 Å². The van der Waals surface area contributed by atoms with Crippen LogP contribution in [-0.2, 0) is 6.54 Å². The number of hydrogen-bond donors (Lipinski definition) is 1. The molecule has 35 heavy (non-hydrogen) atoms. The Balaban J connectivity index is 0. The Hall–Kier alpha value is -3.78. The Morgan fingerprint density at radius 1 is 1.06 bits per heavy atom. The van der Waals surface area contributed by atoms with E-state index in [0.717, 1.165) is 36.7 Å². The number of rotatable bonds is 10. The number of nitrogens with zero attached hydrogens (tertiary/aromatic N) is 4. The fourth-order valence-electron chi connectivity index (χ4n) is 2.75. The summed E-state index contributed by atoms with van der Waals surface area (Å²) < 4.78 is 0. The van der Waals surface area contributed by atoms with Gasteiger partial charge in [-0.25, -0.2) is 4.99 Å². The monoisotopic (exact) mass is 475 g/mol. The third-order valence-electron chi connectivity index (χ3n) is 4.72. The van der Waals surface area contributed by atoms with Crippen molar-refractivity contribution in [3.8, 4) is 6.07 Å². The minimum atomic E-state index is 0.696. The van der Waals surface area contributed by atoms with E-state index >= 15 is 0 Å². The van der Waals surface area contributed by atoms with E-state index in [4.69, 9.17) is 5.26 Å². The second-order valence-electron chi connectivity index (χ2n) is 7.21. The molecule has 0 saturated carbocycles. The largest absolute Gasteiger partial charge is 0.388 e. The first kappa shape index (κ1) is 33.4. The molecule has 5 nitrogen and oxygen atoms in total. The summed E-state index contributed by atoms with van der Waals surface area (Å²) in [4.78, 5) is 8.21. The molecule has 0 aliphatic carbocycles. The topological polar surface area (TPSA) is 54.7 Å². The third kappa shape index (κ3) is 14.9. The second kappa shape index (κ2) is 22.0. The molecule has 190 valence electrons. The van der Waals surface area contributed by atoms with Crippen LogP contribution in [0.2, 0.25) is 0 Å². The van der Waals surface area contributed by atoms with Crippen molar-refractivity contribution in [3.05, 3.63) is 103 Å². The van der Waals surface area contributed by atoms with Gasteiger partial charge in [-0.1, -0.05) is 64.1 Å². The first-order valence-electron chi connectivity index (χ1n) is 12.0. The Morgan fingerprint density at radius 2 is 1.63 bits per heavy atom. The lowest BCUT2D eigenvalue weighted by Gasteiger charge is -2.19. The zero-order valence-electron chi connectivity index (χ0n) is 22.7. The number of likely N-dealkylation sites (N-methyl/N-ethyl adjacent to an activating group) is 1. The number of unbranched alkanes of at least 4 members (excludes halogenated alkanes) is 1. The number of allylic oxidation sites excluding steroid dienone is 1. The van der Waals surface area contributed by atoms with Gasteiger partial charge in [0.05, 0.1) is 11.6 Å². The number of nitrogens with one attached hydrogen (secondary N) is 1. The van der Waals surface area contributed by atoms with E-state index in [2.05, 4.69) is 71.7 Å². The predicted molar refractivity (Wildman–Crippen MR) is 156 cm³/mol. The van der Waals surface area contributed by atoms with Gasteiger partial charge in [0.25, 0.3) is 0 Å². The van der Waals surface area contributed by atoms with E-state index < -0.39 is 0 Å². The van der Waals surface area contributed by atoms with Gasteiger partial charge in [-0.15, -0.1) is 13.2 Å². The highest BCUT2D eigenvalue weighted by Gasteiger charge is 2.02. The Morgan fingerprint density at radius 3 is 2.09 bits per heavy atom. The van der Waals surface area contributed by atoms with Gasteiger partial charge in [0.1, 0.15) is 5.82 Å². The second-order valence-corrected chi connectivity index (χ2v) is 7.21. The first-order chi connectivity index (χ1) is 16.9. The summed E-state index contributed by atoms with van der Waals surface area (Å²) in [5.74, 6) is 0.859. The summed E-state index contributed by atoms with van der Waals surface area (Å²) in [5.41, 5.74) is 3.94. The molecular formula is C30H45N5. The van der Waals surface area contributed by atoms with Crippen LogP contribution in [-0.4, -0.2) is 39.3 Å². The smallest absolute Gasteiger partial charge is 0.129 e.